The fraction of sp³-hybridized carbons (Fsp3) is 0.364. The highest BCUT2D eigenvalue weighted by Gasteiger charge is 2.25. The van der Waals surface area contributed by atoms with Crippen molar-refractivity contribution >= 4 is 54.4 Å². The lowest BCUT2D eigenvalue weighted by molar-refractivity contribution is 0.391. The number of hydrogen-bond donors (Lipinski definition) is 2. The number of fused-ring (bicyclic) bond motifs is 1. The molecule has 2 atom stereocenters. The zero-order chi connectivity index (χ0) is 22.3. The second kappa shape index (κ2) is 8.50. The predicted octanol–water partition coefficient (Wildman–Crippen LogP) is 4.86. The molecule has 1 saturated heterocycles. The molecule has 0 spiro atoms. The van der Waals surface area contributed by atoms with Crippen LogP contribution in [0, 0.1) is 6.92 Å². The Bertz CT molecular complexity index is 1220. The normalized spacial score (nSPS) is 19.6. The number of sulfonamides is 1. The summed E-state index contributed by atoms with van der Waals surface area (Å²) in [4.78, 5) is 2.23. The summed E-state index contributed by atoms with van der Waals surface area (Å²) in [7, 11) is -2.13. The molecule has 0 aliphatic carbocycles. The van der Waals surface area contributed by atoms with Crippen molar-refractivity contribution in [3.63, 3.8) is 0 Å². The van der Waals surface area contributed by atoms with Crippen LogP contribution < -0.4 is 19.7 Å². The first-order valence-corrected chi connectivity index (χ1v) is 12.8. The van der Waals surface area contributed by atoms with Gasteiger partial charge >= 0.3 is 0 Å². The minimum atomic E-state index is -3.75. The molecular weight excluding hydrogens is 454 g/mol. The molecule has 0 radical (unpaired) electrons. The molecule has 2 aromatic carbocycles. The molecule has 2 N–H and O–H groups in total. The van der Waals surface area contributed by atoms with Crippen molar-refractivity contribution in [3.05, 3.63) is 47.0 Å². The second-order valence-corrected chi connectivity index (χ2v) is 11.4. The van der Waals surface area contributed by atoms with Gasteiger partial charge in [0.05, 0.1) is 18.5 Å². The maximum Gasteiger partial charge on any atom is 0.271 e. The number of ether oxygens (including phenoxy) is 1. The highest BCUT2D eigenvalue weighted by atomic mass is 35.5. The van der Waals surface area contributed by atoms with Crippen molar-refractivity contribution in [3.8, 4) is 5.75 Å². The molecule has 9 heteroatoms. The third-order valence-corrected chi connectivity index (χ3v) is 8.94. The smallest absolute Gasteiger partial charge is 0.271 e. The Kier molecular flexibility index (Phi) is 6.09. The van der Waals surface area contributed by atoms with Crippen molar-refractivity contribution in [2.75, 3.05) is 29.8 Å². The minimum absolute atomic E-state index is 0.298. The highest BCUT2D eigenvalue weighted by molar-refractivity contribution is 7.94. The van der Waals surface area contributed by atoms with E-state index >= 15 is 0 Å². The summed E-state index contributed by atoms with van der Waals surface area (Å²) in [6, 6.07) is 11.5. The molecule has 0 bridgehead atoms. The van der Waals surface area contributed by atoms with Crippen molar-refractivity contribution in [1.29, 1.82) is 0 Å². The summed E-state index contributed by atoms with van der Waals surface area (Å²) < 4.78 is 36.0. The Hall–Kier alpha value is -2.00. The summed E-state index contributed by atoms with van der Waals surface area (Å²) in [5.41, 5.74) is 2.08. The van der Waals surface area contributed by atoms with E-state index in [2.05, 4.69) is 28.8 Å². The minimum Gasteiger partial charge on any atom is -0.495 e. The summed E-state index contributed by atoms with van der Waals surface area (Å²) in [6.45, 7) is 7.71. The average Bonchev–Trinajstić information content (AvgIpc) is 3.04. The largest absolute Gasteiger partial charge is 0.495 e. The van der Waals surface area contributed by atoms with Gasteiger partial charge in [0.15, 0.2) is 0 Å². The van der Waals surface area contributed by atoms with Crippen LogP contribution >= 0.6 is 22.9 Å². The van der Waals surface area contributed by atoms with Gasteiger partial charge in [-0.25, -0.2) is 8.42 Å². The molecule has 0 saturated carbocycles. The van der Waals surface area contributed by atoms with E-state index in [9.17, 15) is 8.42 Å². The number of thiophene rings is 1. The van der Waals surface area contributed by atoms with E-state index in [1.807, 2.05) is 25.1 Å². The first-order valence-electron chi connectivity index (χ1n) is 10.1. The number of halogens is 1. The summed E-state index contributed by atoms with van der Waals surface area (Å²) in [5, 5.41) is 4.96. The molecule has 0 amide bonds. The van der Waals surface area contributed by atoms with Crippen LogP contribution in [0.15, 0.2) is 40.6 Å². The number of anilines is 2. The summed E-state index contributed by atoms with van der Waals surface area (Å²) in [5.74, 6) is 0.719. The van der Waals surface area contributed by atoms with E-state index < -0.39 is 10.0 Å². The van der Waals surface area contributed by atoms with Gasteiger partial charge in [0.2, 0.25) is 0 Å². The highest BCUT2D eigenvalue weighted by Crippen LogP contribution is 2.38. The number of methoxy groups -OCH3 is 1. The van der Waals surface area contributed by atoms with Crippen molar-refractivity contribution < 1.29 is 13.2 Å². The van der Waals surface area contributed by atoms with Gasteiger partial charge in [-0.3, -0.25) is 4.72 Å². The quantitative estimate of drug-likeness (QED) is 0.547. The van der Waals surface area contributed by atoms with E-state index in [1.54, 1.807) is 25.3 Å². The van der Waals surface area contributed by atoms with E-state index in [0.29, 0.717) is 32.6 Å². The number of rotatable bonds is 5. The first kappa shape index (κ1) is 22.2. The number of aryl methyl sites for hydroxylation is 1. The van der Waals surface area contributed by atoms with Gasteiger partial charge in [-0.05, 0) is 68.1 Å². The predicted molar refractivity (Wildman–Crippen MR) is 130 cm³/mol. The van der Waals surface area contributed by atoms with Gasteiger partial charge in [-0.2, -0.15) is 0 Å². The van der Waals surface area contributed by atoms with Crippen LogP contribution in [0.2, 0.25) is 5.02 Å². The Balaban J connectivity index is 1.68. The van der Waals surface area contributed by atoms with Crippen molar-refractivity contribution in [2.24, 2.45) is 0 Å². The van der Waals surface area contributed by atoms with Crippen molar-refractivity contribution in [1.82, 2.24) is 5.32 Å². The van der Waals surface area contributed by atoms with Gasteiger partial charge in [-0.15, -0.1) is 11.3 Å². The molecule has 1 fully saturated rings. The lowest BCUT2D eigenvalue weighted by Crippen LogP contribution is -2.54. The van der Waals surface area contributed by atoms with Crippen LogP contribution in [-0.4, -0.2) is 40.7 Å². The fourth-order valence-corrected chi connectivity index (χ4v) is 7.12. The van der Waals surface area contributed by atoms with Crippen LogP contribution in [0.1, 0.15) is 19.4 Å². The van der Waals surface area contributed by atoms with Crippen LogP contribution in [0.5, 0.6) is 5.75 Å². The van der Waals surface area contributed by atoms with E-state index in [-0.39, 0.29) is 0 Å². The average molecular weight is 480 g/mol. The SMILES string of the molecule is COc1ccc(NS(=O)(=O)c2sc3ccc(Cl)cc3c2C)cc1N1C[C@@H](C)N[C@@H](C)C1. The zero-order valence-electron chi connectivity index (χ0n) is 17.9. The first-order chi connectivity index (χ1) is 14.7. The third kappa shape index (κ3) is 4.48. The molecule has 2 heterocycles. The molecule has 1 aliphatic rings. The van der Waals surface area contributed by atoms with Crippen LogP contribution in [0.3, 0.4) is 0 Å². The number of hydrogen-bond acceptors (Lipinski definition) is 6. The van der Waals surface area contributed by atoms with Crippen LogP contribution in [-0.2, 0) is 10.0 Å². The van der Waals surface area contributed by atoms with Gasteiger partial charge in [-0.1, -0.05) is 11.6 Å². The monoisotopic (exact) mass is 479 g/mol. The van der Waals surface area contributed by atoms with Crippen LogP contribution in [0.25, 0.3) is 10.1 Å². The van der Waals surface area contributed by atoms with Gasteiger partial charge in [0, 0.05) is 34.9 Å². The summed E-state index contributed by atoms with van der Waals surface area (Å²) in [6.07, 6.45) is 0. The third-order valence-electron chi connectivity index (χ3n) is 5.43. The van der Waals surface area contributed by atoms with E-state index in [4.69, 9.17) is 16.3 Å². The molecular formula is C22H26ClN3O3S2. The zero-order valence-corrected chi connectivity index (χ0v) is 20.3. The standard InChI is InChI=1S/C22H26ClN3O3S2/c1-13-11-26(12-14(2)24-13)19-10-17(6-7-20(19)29-4)25-31(27,28)22-15(3)18-9-16(23)5-8-21(18)30-22/h5-10,13-14,24-25H,11-12H2,1-4H3/t13-,14+. The number of benzene rings is 2. The Morgan fingerprint density at radius 2 is 1.87 bits per heavy atom. The lowest BCUT2D eigenvalue weighted by Gasteiger charge is -2.38. The topological polar surface area (TPSA) is 70.7 Å². The molecule has 31 heavy (non-hydrogen) atoms. The number of piperazine rings is 1. The van der Waals surface area contributed by atoms with E-state index in [0.717, 1.165) is 34.6 Å². The Morgan fingerprint density at radius 3 is 2.55 bits per heavy atom. The number of nitrogens with zero attached hydrogens (tertiary/aromatic N) is 1. The summed E-state index contributed by atoms with van der Waals surface area (Å²) >= 11 is 7.35. The van der Waals surface area contributed by atoms with E-state index in [1.165, 1.54) is 11.3 Å². The molecule has 1 aliphatic heterocycles. The number of nitrogens with one attached hydrogen (secondary N) is 2. The molecule has 3 aromatic rings. The molecule has 6 nitrogen and oxygen atoms in total. The Labute approximate surface area is 192 Å². The molecule has 0 unspecified atom stereocenters. The maximum absolute atomic E-state index is 13.2. The van der Waals surface area contributed by atoms with Gasteiger partial charge < -0.3 is 15.0 Å². The molecule has 166 valence electrons. The van der Waals surface area contributed by atoms with Crippen LogP contribution in [0.4, 0.5) is 11.4 Å². The molecule has 4 rings (SSSR count). The fourth-order valence-electron chi connectivity index (χ4n) is 4.15. The Morgan fingerprint density at radius 1 is 1.16 bits per heavy atom. The lowest BCUT2D eigenvalue weighted by atomic mass is 10.1. The second-order valence-electron chi connectivity index (χ2n) is 8.02. The van der Waals surface area contributed by atoms with Crippen molar-refractivity contribution in [2.45, 2.75) is 37.1 Å². The maximum atomic E-state index is 13.2. The molecule has 1 aromatic heterocycles. The van der Waals surface area contributed by atoms with Gasteiger partial charge in [0.25, 0.3) is 10.0 Å². The van der Waals surface area contributed by atoms with Gasteiger partial charge in [0.1, 0.15) is 9.96 Å².